The molecule has 1 aromatic heterocycles. The van der Waals surface area contributed by atoms with Crippen molar-refractivity contribution in [1.82, 2.24) is 5.32 Å². The van der Waals surface area contributed by atoms with Gasteiger partial charge in [0.2, 0.25) is 0 Å². The molecule has 1 fully saturated rings. The Morgan fingerprint density at radius 2 is 1.90 bits per heavy atom. The van der Waals surface area contributed by atoms with E-state index in [2.05, 4.69) is 21.5 Å². The summed E-state index contributed by atoms with van der Waals surface area (Å²) < 4.78 is 29.1. The molecule has 0 radical (unpaired) electrons. The third-order valence-electron chi connectivity index (χ3n) is 7.80. The maximum atomic E-state index is 11.9. The highest BCUT2D eigenvalue weighted by atomic mass is 16.5. The average molecular weight is 558 g/mol. The molecule has 214 valence electrons. The number of furan rings is 1. The average Bonchev–Trinajstić information content (AvgIpc) is 3.48. The molecular weight excluding hydrogens is 522 g/mol. The maximum Gasteiger partial charge on any atom is 0.142 e. The van der Waals surface area contributed by atoms with Crippen molar-refractivity contribution in [2.24, 2.45) is 5.18 Å². The largest absolute Gasteiger partial charge is 0.490 e. The molecule has 9 heteroatoms. The fourth-order valence-electron chi connectivity index (χ4n) is 5.72. The minimum atomic E-state index is -0.433. The van der Waals surface area contributed by atoms with Crippen LogP contribution >= 0.6 is 0 Å². The summed E-state index contributed by atoms with van der Waals surface area (Å²) in [5, 5.41) is 7.77. The zero-order chi connectivity index (χ0) is 28.0. The van der Waals surface area contributed by atoms with Crippen molar-refractivity contribution in [3.8, 4) is 17.2 Å². The lowest BCUT2D eigenvalue weighted by Crippen LogP contribution is -2.48. The fraction of sp³-hybridized carbons (Fsp3) is 0.375. The summed E-state index contributed by atoms with van der Waals surface area (Å²) in [4.78, 5) is 14.2. The summed E-state index contributed by atoms with van der Waals surface area (Å²) in [5.41, 5.74) is 3.97. The van der Waals surface area contributed by atoms with E-state index in [0.717, 1.165) is 65.4 Å². The summed E-state index contributed by atoms with van der Waals surface area (Å²) in [6, 6.07) is 21.3. The molecule has 3 aromatic carbocycles. The Hall–Kier alpha value is -3.92. The zero-order valence-electron chi connectivity index (χ0n) is 23.2. The maximum absolute atomic E-state index is 11.9. The number of fused-ring (bicyclic) bond motifs is 2. The van der Waals surface area contributed by atoms with E-state index < -0.39 is 6.04 Å². The summed E-state index contributed by atoms with van der Waals surface area (Å²) in [6.45, 7) is 4.74. The van der Waals surface area contributed by atoms with Crippen molar-refractivity contribution in [2.75, 3.05) is 51.4 Å². The molecule has 0 bridgehead atoms. The van der Waals surface area contributed by atoms with Crippen LogP contribution in [0.15, 0.2) is 82.6 Å². The molecule has 41 heavy (non-hydrogen) atoms. The van der Waals surface area contributed by atoms with Gasteiger partial charge in [-0.25, -0.2) is 0 Å². The Kier molecular flexibility index (Phi) is 8.46. The van der Waals surface area contributed by atoms with Crippen LogP contribution in [0, 0.1) is 4.91 Å². The zero-order valence-corrected chi connectivity index (χ0v) is 23.2. The molecule has 2 aliphatic heterocycles. The Morgan fingerprint density at radius 1 is 1.02 bits per heavy atom. The number of nitrogens with zero attached hydrogens (tertiary/aromatic N) is 2. The number of rotatable bonds is 11. The van der Waals surface area contributed by atoms with Crippen LogP contribution in [-0.4, -0.2) is 58.6 Å². The summed E-state index contributed by atoms with van der Waals surface area (Å²) in [5.74, 6) is 2.17. The van der Waals surface area contributed by atoms with Crippen molar-refractivity contribution in [3.63, 3.8) is 0 Å². The van der Waals surface area contributed by atoms with Crippen LogP contribution < -0.4 is 19.7 Å². The monoisotopic (exact) mass is 557 g/mol. The molecule has 4 aromatic rings. The van der Waals surface area contributed by atoms with Gasteiger partial charge in [0, 0.05) is 44.7 Å². The number of ether oxygens (including phenoxy) is 4. The molecule has 0 spiro atoms. The van der Waals surface area contributed by atoms with Crippen LogP contribution in [0.4, 0.5) is 5.69 Å². The molecule has 1 N–H and O–H groups in total. The normalized spacial score (nSPS) is 20.4. The van der Waals surface area contributed by atoms with Crippen molar-refractivity contribution in [2.45, 2.75) is 31.1 Å². The second kappa shape index (κ2) is 12.7. The number of nitroso groups, excluding NO2 is 1. The number of benzene rings is 3. The quantitative estimate of drug-likeness (QED) is 0.181. The van der Waals surface area contributed by atoms with Crippen LogP contribution in [0.1, 0.15) is 23.5 Å². The molecule has 0 aliphatic carbocycles. The smallest absolute Gasteiger partial charge is 0.142 e. The highest BCUT2D eigenvalue weighted by Gasteiger charge is 2.36. The Balaban J connectivity index is 1.14. The molecule has 0 saturated carbocycles. The molecule has 0 amide bonds. The van der Waals surface area contributed by atoms with Gasteiger partial charge in [0.05, 0.1) is 31.2 Å². The van der Waals surface area contributed by atoms with Gasteiger partial charge in [0.1, 0.15) is 35.5 Å². The Morgan fingerprint density at radius 3 is 2.76 bits per heavy atom. The van der Waals surface area contributed by atoms with Crippen molar-refractivity contribution >= 4 is 16.7 Å². The van der Waals surface area contributed by atoms with Gasteiger partial charge in [-0.05, 0) is 66.1 Å². The van der Waals surface area contributed by atoms with E-state index in [1.165, 1.54) is 0 Å². The Bertz CT molecular complexity index is 1460. The first-order chi connectivity index (χ1) is 20.2. The van der Waals surface area contributed by atoms with Gasteiger partial charge >= 0.3 is 0 Å². The van der Waals surface area contributed by atoms with Gasteiger partial charge in [-0.1, -0.05) is 23.4 Å². The molecule has 3 atom stereocenters. The van der Waals surface area contributed by atoms with E-state index in [4.69, 9.17) is 23.4 Å². The lowest BCUT2D eigenvalue weighted by molar-refractivity contribution is 0.00539. The number of piperidine rings is 1. The molecule has 0 unspecified atom stereocenters. The van der Waals surface area contributed by atoms with Crippen LogP contribution in [0.25, 0.3) is 11.0 Å². The van der Waals surface area contributed by atoms with E-state index in [1.807, 2.05) is 60.7 Å². The SMILES string of the molecule is COCCCN1CCOc2ccc(CO[C@H]3CNC[C@@H](N=O)[C@@H]3c3ccc(Oc4ccc5occc5c4)cc3)cc21. The predicted molar refractivity (Wildman–Crippen MR) is 157 cm³/mol. The minimum absolute atomic E-state index is 0.170. The highest BCUT2D eigenvalue weighted by molar-refractivity contribution is 5.78. The molecule has 3 heterocycles. The van der Waals surface area contributed by atoms with E-state index in [1.54, 1.807) is 13.4 Å². The predicted octanol–water partition coefficient (Wildman–Crippen LogP) is 5.87. The standard InChI is InChI=1S/C32H35N3O6/c1-37-14-2-12-35-13-16-39-30-9-3-22(17-28(30)35)21-40-31-20-33-19-27(34-36)32(31)23-4-6-25(7-5-23)41-26-8-10-29-24(18-26)11-15-38-29/h3-11,15,17-18,27,31-33H,2,12-14,16,19-21H2,1H3/t27-,31+,32+/m1/s1. The van der Waals surface area contributed by atoms with E-state index >= 15 is 0 Å². The first-order valence-electron chi connectivity index (χ1n) is 14.1. The van der Waals surface area contributed by atoms with Crippen LogP contribution in [0.5, 0.6) is 17.2 Å². The first-order valence-corrected chi connectivity index (χ1v) is 14.1. The van der Waals surface area contributed by atoms with Crippen molar-refractivity contribution < 1.29 is 23.4 Å². The van der Waals surface area contributed by atoms with E-state index in [9.17, 15) is 4.91 Å². The molecule has 9 nitrogen and oxygen atoms in total. The molecular formula is C32H35N3O6. The second-order valence-electron chi connectivity index (χ2n) is 10.5. The van der Waals surface area contributed by atoms with Gasteiger partial charge in [-0.15, -0.1) is 0 Å². The van der Waals surface area contributed by atoms with Gasteiger partial charge < -0.3 is 33.6 Å². The summed E-state index contributed by atoms with van der Waals surface area (Å²) >= 11 is 0. The third-order valence-corrected chi connectivity index (χ3v) is 7.80. The fourth-order valence-corrected chi connectivity index (χ4v) is 5.72. The Labute approximate surface area is 239 Å². The number of anilines is 1. The number of hydrogen-bond acceptors (Lipinski definition) is 9. The minimum Gasteiger partial charge on any atom is -0.490 e. The van der Waals surface area contributed by atoms with Crippen LogP contribution in [0.2, 0.25) is 0 Å². The summed E-state index contributed by atoms with van der Waals surface area (Å²) in [6.07, 6.45) is 2.40. The topological polar surface area (TPSA) is 94.8 Å². The van der Waals surface area contributed by atoms with Crippen LogP contribution in [-0.2, 0) is 16.1 Å². The first kappa shape index (κ1) is 27.3. The second-order valence-corrected chi connectivity index (χ2v) is 10.5. The summed E-state index contributed by atoms with van der Waals surface area (Å²) in [7, 11) is 1.73. The van der Waals surface area contributed by atoms with E-state index in [0.29, 0.717) is 32.1 Å². The molecule has 1 saturated heterocycles. The van der Waals surface area contributed by atoms with E-state index in [-0.39, 0.29) is 12.0 Å². The van der Waals surface area contributed by atoms with Gasteiger partial charge in [-0.3, -0.25) is 0 Å². The van der Waals surface area contributed by atoms with Gasteiger partial charge in [-0.2, -0.15) is 4.91 Å². The number of hydrogen-bond donors (Lipinski definition) is 1. The highest BCUT2D eigenvalue weighted by Crippen LogP contribution is 2.35. The number of methoxy groups -OCH3 is 1. The van der Waals surface area contributed by atoms with Crippen molar-refractivity contribution in [3.05, 3.63) is 89.0 Å². The number of nitrogens with one attached hydrogen (secondary N) is 1. The van der Waals surface area contributed by atoms with Crippen LogP contribution in [0.3, 0.4) is 0 Å². The van der Waals surface area contributed by atoms with Crippen molar-refractivity contribution in [1.29, 1.82) is 0 Å². The lowest BCUT2D eigenvalue weighted by Gasteiger charge is -2.36. The molecule has 2 aliphatic rings. The molecule has 6 rings (SSSR count). The van der Waals surface area contributed by atoms with Gasteiger partial charge in [0.25, 0.3) is 0 Å². The third kappa shape index (κ3) is 6.22. The lowest BCUT2D eigenvalue weighted by atomic mass is 9.84. The van der Waals surface area contributed by atoms with Gasteiger partial charge in [0.15, 0.2) is 0 Å².